The normalized spacial score (nSPS) is 10.1. The molecule has 0 atom stereocenters. The van der Waals surface area contributed by atoms with E-state index in [0.29, 0.717) is 5.56 Å². The molecule has 1 aromatic heterocycles. The Bertz CT molecular complexity index is 482. The zero-order valence-electron chi connectivity index (χ0n) is 8.40. The monoisotopic (exact) mass is 219 g/mol. The molecule has 0 spiro atoms. The van der Waals surface area contributed by atoms with Crippen molar-refractivity contribution in [3.05, 3.63) is 53.9 Å². The molecule has 0 aliphatic rings. The molecule has 0 fully saturated rings. The van der Waals surface area contributed by atoms with E-state index >= 15 is 0 Å². The lowest BCUT2D eigenvalue weighted by molar-refractivity contribution is 0.0941. The molecule has 82 valence electrons. The van der Waals surface area contributed by atoms with Crippen molar-refractivity contribution in [2.45, 2.75) is 6.54 Å². The van der Waals surface area contributed by atoms with Crippen LogP contribution in [-0.4, -0.2) is 15.9 Å². The van der Waals surface area contributed by atoms with Crippen molar-refractivity contribution in [1.82, 2.24) is 15.3 Å². The minimum Gasteiger partial charge on any atom is -0.345 e. The Morgan fingerprint density at radius 3 is 2.94 bits per heavy atom. The van der Waals surface area contributed by atoms with E-state index in [-0.39, 0.29) is 24.1 Å². The summed E-state index contributed by atoms with van der Waals surface area (Å²) in [6.45, 7) is 0.145. The molecule has 0 aliphatic carbocycles. The minimum absolute atomic E-state index is 0.145. The second kappa shape index (κ2) is 4.57. The van der Waals surface area contributed by atoms with Crippen LogP contribution in [0.25, 0.3) is 0 Å². The van der Waals surface area contributed by atoms with Crippen LogP contribution >= 0.6 is 0 Å². The number of rotatable bonds is 3. The Morgan fingerprint density at radius 2 is 2.25 bits per heavy atom. The fourth-order valence-electron chi connectivity index (χ4n) is 1.29. The number of aromatic nitrogens is 2. The molecule has 2 aromatic rings. The minimum atomic E-state index is -0.353. The number of carbonyl (C=O) groups is 1. The van der Waals surface area contributed by atoms with Gasteiger partial charge in [0, 0.05) is 24.5 Å². The van der Waals surface area contributed by atoms with Gasteiger partial charge in [0.25, 0.3) is 5.91 Å². The number of hydrogen-bond donors (Lipinski definition) is 2. The summed E-state index contributed by atoms with van der Waals surface area (Å²) >= 11 is 0. The fourth-order valence-corrected chi connectivity index (χ4v) is 1.29. The van der Waals surface area contributed by atoms with E-state index in [1.54, 1.807) is 24.4 Å². The highest BCUT2D eigenvalue weighted by atomic mass is 19.1. The topological polar surface area (TPSA) is 57.8 Å². The molecule has 0 unspecified atom stereocenters. The molecule has 1 aromatic carbocycles. The highest BCUT2D eigenvalue weighted by Crippen LogP contribution is 2.05. The average molecular weight is 219 g/mol. The zero-order chi connectivity index (χ0) is 11.4. The summed E-state index contributed by atoms with van der Waals surface area (Å²) < 4.78 is 13.2. The maximum atomic E-state index is 13.2. The molecule has 0 saturated heterocycles. The van der Waals surface area contributed by atoms with Crippen LogP contribution in [0.15, 0.2) is 36.7 Å². The Balaban J connectivity index is 1.98. The van der Waals surface area contributed by atoms with E-state index in [1.807, 2.05) is 0 Å². The number of nitrogens with zero attached hydrogens (tertiary/aromatic N) is 1. The average Bonchev–Trinajstić information content (AvgIpc) is 2.81. The Hall–Kier alpha value is -2.17. The third-order valence-electron chi connectivity index (χ3n) is 2.11. The largest absolute Gasteiger partial charge is 0.345 e. The number of aromatic amines is 1. The number of carbonyl (C=O) groups excluding carboxylic acids is 1. The van der Waals surface area contributed by atoms with Crippen molar-refractivity contribution in [2.24, 2.45) is 0 Å². The van der Waals surface area contributed by atoms with E-state index in [2.05, 4.69) is 15.3 Å². The van der Waals surface area contributed by atoms with Crippen molar-refractivity contribution in [3.8, 4) is 0 Å². The van der Waals surface area contributed by atoms with Gasteiger partial charge >= 0.3 is 0 Å². The van der Waals surface area contributed by atoms with E-state index in [4.69, 9.17) is 0 Å². The Morgan fingerprint density at radius 1 is 1.44 bits per heavy atom. The zero-order valence-corrected chi connectivity index (χ0v) is 8.40. The fraction of sp³-hybridized carbons (Fsp3) is 0.0909. The first-order valence-electron chi connectivity index (χ1n) is 4.78. The van der Waals surface area contributed by atoms with Crippen LogP contribution < -0.4 is 5.32 Å². The van der Waals surface area contributed by atoms with Gasteiger partial charge in [0.1, 0.15) is 5.82 Å². The molecule has 5 heteroatoms. The number of benzene rings is 1. The van der Waals surface area contributed by atoms with Gasteiger partial charge in [0.2, 0.25) is 0 Å². The maximum Gasteiger partial charge on any atom is 0.287 e. The maximum absolute atomic E-state index is 13.2. The number of imidazole rings is 1. The van der Waals surface area contributed by atoms with Gasteiger partial charge in [0.15, 0.2) is 5.82 Å². The number of halogens is 1. The molecule has 0 bridgehead atoms. The SMILES string of the molecule is O=C(NCc1ccccc1F)c1ncc[nH]1. The smallest absolute Gasteiger partial charge is 0.287 e. The summed E-state index contributed by atoms with van der Waals surface area (Å²) in [5.41, 5.74) is 0.447. The lowest BCUT2D eigenvalue weighted by atomic mass is 10.2. The summed E-state index contributed by atoms with van der Waals surface area (Å²) in [6, 6.07) is 6.30. The van der Waals surface area contributed by atoms with Crippen LogP contribution in [0, 0.1) is 5.82 Å². The van der Waals surface area contributed by atoms with E-state index in [0.717, 1.165) is 0 Å². The molecule has 1 heterocycles. The van der Waals surface area contributed by atoms with Crippen LogP contribution in [0.4, 0.5) is 4.39 Å². The quantitative estimate of drug-likeness (QED) is 0.821. The first-order valence-corrected chi connectivity index (χ1v) is 4.78. The predicted octanol–water partition coefficient (Wildman–Crippen LogP) is 1.48. The molecule has 2 rings (SSSR count). The van der Waals surface area contributed by atoms with Gasteiger partial charge in [0.05, 0.1) is 0 Å². The van der Waals surface area contributed by atoms with Crippen molar-refractivity contribution in [3.63, 3.8) is 0 Å². The van der Waals surface area contributed by atoms with Crippen LogP contribution in [0.2, 0.25) is 0 Å². The van der Waals surface area contributed by atoms with Gasteiger partial charge in [-0.25, -0.2) is 9.37 Å². The van der Waals surface area contributed by atoms with Crippen molar-refractivity contribution < 1.29 is 9.18 Å². The molecule has 0 radical (unpaired) electrons. The first-order chi connectivity index (χ1) is 7.77. The highest BCUT2D eigenvalue weighted by Gasteiger charge is 2.08. The van der Waals surface area contributed by atoms with Crippen LogP contribution in [0.1, 0.15) is 16.2 Å². The molecule has 1 amide bonds. The summed E-state index contributed by atoms with van der Waals surface area (Å²) in [5, 5.41) is 2.57. The van der Waals surface area contributed by atoms with Crippen LogP contribution in [0.5, 0.6) is 0 Å². The number of nitrogens with one attached hydrogen (secondary N) is 2. The molecule has 16 heavy (non-hydrogen) atoms. The molecule has 0 aliphatic heterocycles. The van der Waals surface area contributed by atoms with Gasteiger partial charge in [-0.1, -0.05) is 18.2 Å². The molecular weight excluding hydrogens is 209 g/mol. The Kier molecular flexibility index (Phi) is 2.95. The summed E-state index contributed by atoms with van der Waals surface area (Å²) in [4.78, 5) is 17.9. The molecule has 2 N–H and O–H groups in total. The van der Waals surface area contributed by atoms with Crippen LogP contribution in [0.3, 0.4) is 0 Å². The predicted molar refractivity (Wildman–Crippen MR) is 56.2 cm³/mol. The van der Waals surface area contributed by atoms with E-state index in [1.165, 1.54) is 12.3 Å². The number of H-pyrrole nitrogens is 1. The number of hydrogen-bond acceptors (Lipinski definition) is 2. The third kappa shape index (κ3) is 2.25. The summed E-state index contributed by atoms with van der Waals surface area (Å²) in [7, 11) is 0. The highest BCUT2D eigenvalue weighted by molar-refractivity contribution is 5.90. The Labute approximate surface area is 91.5 Å². The van der Waals surface area contributed by atoms with Crippen molar-refractivity contribution >= 4 is 5.91 Å². The van der Waals surface area contributed by atoms with Gasteiger partial charge < -0.3 is 10.3 Å². The lowest BCUT2D eigenvalue weighted by Crippen LogP contribution is -2.24. The number of amides is 1. The van der Waals surface area contributed by atoms with Gasteiger partial charge in [-0.05, 0) is 6.07 Å². The summed E-state index contributed by atoms with van der Waals surface area (Å²) in [6.07, 6.45) is 3.04. The van der Waals surface area contributed by atoms with Gasteiger partial charge in [-0.15, -0.1) is 0 Å². The van der Waals surface area contributed by atoms with Gasteiger partial charge in [-0.2, -0.15) is 0 Å². The lowest BCUT2D eigenvalue weighted by Gasteiger charge is -2.04. The van der Waals surface area contributed by atoms with Crippen LogP contribution in [-0.2, 0) is 6.54 Å². The second-order valence-corrected chi connectivity index (χ2v) is 3.21. The third-order valence-corrected chi connectivity index (χ3v) is 2.11. The standard InChI is InChI=1S/C11H10FN3O/c12-9-4-2-1-3-8(9)7-15-11(16)10-13-5-6-14-10/h1-6H,7H2,(H,13,14)(H,15,16). The van der Waals surface area contributed by atoms with Crippen molar-refractivity contribution in [1.29, 1.82) is 0 Å². The van der Waals surface area contributed by atoms with Crippen molar-refractivity contribution in [2.75, 3.05) is 0 Å². The second-order valence-electron chi connectivity index (χ2n) is 3.21. The molecule has 4 nitrogen and oxygen atoms in total. The molecule has 0 saturated carbocycles. The summed E-state index contributed by atoms with van der Waals surface area (Å²) in [5.74, 6) is -0.466. The first kappa shape index (κ1) is 10.4. The van der Waals surface area contributed by atoms with E-state index in [9.17, 15) is 9.18 Å². The van der Waals surface area contributed by atoms with E-state index < -0.39 is 0 Å². The van der Waals surface area contributed by atoms with Gasteiger partial charge in [-0.3, -0.25) is 4.79 Å². The molecular formula is C11H10FN3O.